The van der Waals surface area contributed by atoms with E-state index in [1.807, 2.05) is 36.4 Å². The molecule has 1 heterocycles. The van der Waals surface area contributed by atoms with Crippen molar-refractivity contribution >= 4 is 56.9 Å². The highest BCUT2D eigenvalue weighted by atomic mass is 127. The molecule has 0 aliphatic heterocycles. The quantitative estimate of drug-likeness (QED) is 0.567. The Morgan fingerprint density at radius 3 is 2.65 bits per heavy atom. The molecule has 0 atom stereocenters. The predicted octanol–water partition coefficient (Wildman–Crippen LogP) is 3.70. The minimum absolute atomic E-state index is 0.0110. The zero-order chi connectivity index (χ0) is 14.9. The van der Waals surface area contributed by atoms with E-state index in [1.54, 1.807) is 18.2 Å². The maximum Gasteiger partial charge on any atom is 0.260 e. The van der Waals surface area contributed by atoms with Gasteiger partial charge in [-0.25, -0.2) is 0 Å². The topological polar surface area (TPSA) is 78.0 Å². The number of aromatic amines is 1. The molecular weight excluding hydrogens is 484 g/mol. The lowest BCUT2D eigenvalue weighted by Crippen LogP contribution is -2.13. The first kappa shape index (κ1) is 15.5. The van der Waals surface area contributed by atoms with E-state index in [2.05, 4.69) is 38.1 Å². The van der Waals surface area contributed by atoms with Crippen LogP contribution in [0, 0.1) is 7.14 Å². The van der Waals surface area contributed by atoms with Gasteiger partial charge >= 0.3 is 0 Å². The van der Waals surface area contributed by atoms with E-state index in [9.17, 15) is 9.90 Å². The number of rotatable bonds is 3. The summed E-state index contributed by atoms with van der Waals surface area (Å²) in [4.78, 5) is 12.2. The molecule has 1 amide bonds. The van der Waals surface area contributed by atoms with Gasteiger partial charge in [-0.2, -0.15) is 5.10 Å². The second-order valence-electron chi connectivity index (χ2n) is 4.60. The van der Waals surface area contributed by atoms with Crippen LogP contribution in [0.25, 0.3) is 0 Å². The van der Waals surface area contributed by atoms with Gasteiger partial charge in [-0.05, 0) is 63.2 Å². The van der Waals surface area contributed by atoms with Crippen LogP contribution in [-0.2, 0) is 0 Å². The van der Waals surface area contributed by atoms with Gasteiger partial charge in [-0.3, -0.25) is 9.89 Å². The van der Waals surface area contributed by atoms with E-state index in [4.69, 9.17) is 0 Å². The molecule has 0 saturated heterocycles. The number of H-pyrrole nitrogens is 1. The van der Waals surface area contributed by atoms with Gasteiger partial charge in [0.25, 0.3) is 5.91 Å². The second-order valence-corrected chi connectivity index (χ2v) is 7.01. The van der Waals surface area contributed by atoms with Crippen molar-refractivity contribution < 1.29 is 9.90 Å². The summed E-state index contributed by atoms with van der Waals surface area (Å²) in [5.41, 5.74) is 1.19. The number of aromatic nitrogens is 2. The molecule has 5 nitrogen and oxygen atoms in total. The van der Waals surface area contributed by atoms with E-state index in [0.717, 1.165) is 9.26 Å². The molecule has 0 aliphatic rings. The van der Waals surface area contributed by atoms with E-state index in [1.165, 1.54) is 0 Å². The number of amides is 1. The smallest absolute Gasteiger partial charge is 0.260 e. The number of hydrogen-bond acceptors (Lipinski definition) is 3. The van der Waals surface area contributed by atoms with Crippen LogP contribution in [0.2, 0.25) is 0 Å². The number of hydrogen-bond donors (Lipinski definition) is 3. The third-order valence-electron chi connectivity index (χ3n) is 2.73. The lowest BCUT2D eigenvalue weighted by Gasteiger charge is -2.07. The molecule has 0 aliphatic carbocycles. The maximum absolute atomic E-state index is 12.2. The van der Waals surface area contributed by atoms with E-state index < -0.39 is 0 Å². The van der Waals surface area contributed by atoms with Crippen LogP contribution in [0.1, 0.15) is 35.8 Å². The lowest BCUT2D eigenvalue weighted by molar-refractivity contribution is 0.102. The average Bonchev–Trinajstić information content (AvgIpc) is 2.82. The Labute approximate surface area is 143 Å². The lowest BCUT2D eigenvalue weighted by atomic mass is 10.1. The fraction of sp³-hybridized carbons (Fsp3) is 0.231. The molecule has 0 spiro atoms. The first-order valence-corrected chi connectivity index (χ1v) is 8.09. The van der Waals surface area contributed by atoms with Gasteiger partial charge in [0, 0.05) is 15.3 Å². The minimum atomic E-state index is -0.374. The molecule has 20 heavy (non-hydrogen) atoms. The number of phenolic OH excluding ortho intramolecular Hbond substituents is 1. The van der Waals surface area contributed by atoms with Crippen LogP contribution in [0.5, 0.6) is 5.75 Å². The van der Waals surface area contributed by atoms with E-state index >= 15 is 0 Å². The normalized spacial score (nSPS) is 10.8. The molecule has 0 saturated carbocycles. The first-order chi connectivity index (χ1) is 9.38. The first-order valence-electron chi connectivity index (χ1n) is 5.93. The Hall–Kier alpha value is -0.840. The number of carbonyl (C=O) groups excluding carboxylic acids is 1. The van der Waals surface area contributed by atoms with Gasteiger partial charge in [0.1, 0.15) is 5.75 Å². The van der Waals surface area contributed by atoms with E-state index in [-0.39, 0.29) is 17.2 Å². The van der Waals surface area contributed by atoms with Crippen molar-refractivity contribution in [1.29, 1.82) is 0 Å². The molecule has 3 N–H and O–H groups in total. The highest BCUT2D eigenvalue weighted by molar-refractivity contribution is 14.1. The number of anilines is 1. The van der Waals surface area contributed by atoms with Crippen LogP contribution in [-0.4, -0.2) is 21.2 Å². The van der Waals surface area contributed by atoms with Crippen molar-refractivity contribution in [2.45, 2.75) is 19.8 Å². The average molecular weight is 497 g/mol. The van der Waals surface area contributed by atoms with Crippen LogP contribution >= 0.6 is 45.2 Å². The fourth-order valence-corrected chi connectivity index (χ4v) is 3.46. The van der Waals surface area contributed by atoms with Gasteiger partial charge in [0.2, 0.25) is 0 Å². The Morgan fingerprint density at radius 2 is 2.05 bits per heavy atom. The Bertz CT molecular complexity index is 653. The van der Waals surface area contributed by atoms with Crippen molar-refractivity contribution in [2.24, 2.45) is 0 Å². The number of nitrogens with zero attached hydrogens (tertiary/aromatic N) is 1. The summed E-state index contributed by atoms with van der Waals surface area (Å²) in [6.45, 7) is 4.07. The number of phenols is 1. The van der Waals surface area contributed by atoms with Crippen LogP contribution in [0.3, 0.4) is 0 Å². The van der Waals surface area contributed by atoms with Crippen molar-refractivity contribution in [3.8, 4) is 5.75 Å². The van der Waals surface area contributed by atoms with Gasteiger partial charge in [-0.1, -0.05) is 13.8 Å². The molecule has 7 heteroatoms. The van der Waals surface area contributed by atoms with Crippen LogP contribution < -0.4 is 5.32 Å². The van der Waals surface area contributed by atoms with E-state index in [0.29, 0.717) is 15.3 Å². The molecular formula is C13H13I2N3O2. The zero-order valence-electron chi connectivity index (χ0n) is 10.9. The monoisotopic (exact) mass is 497 g/mol. The summed E-state index contributed by atoms with van der Waals surface area (Å²) < 4.78 is 1.53. The fourth-order valence-electron chi connectivity index (χ4n) is 1.62. The number of nitrogens with one attached hydrogen (secondary N) is 2. The number of aromatic hydroxyl groups is 1. The molecule has 106 valence electrons. The Morgan fingerprint density at radius 1 is 1.35 bits per heavy atom. The molecule has 0 unspecified atom stereocenters. The summed E-state index contributed by atoms with van der Waals surface area (Å²) >= 11 is 4.10. The zero-order valence-corrected chi connectivity index (χ0v) is 15.2. The summed E-state index contributed by atoms with van der Waals surface area (Å²) in [7, 11) is 0. The highest BCUT2D eigenvalue weighted by Gasteiger charge is 2.16. The Balaban J connectivity index is 2.23. The third kappa shape index (κ3) is 3.43. The van der Waals surface area contributed by atoms with Gasteiger partial charge < -0.3 is 10.4 Å². The molecule has 0 bridgehead atoms. The van der Waals surface area contributed by atoms with Crippen molar-refractivity contribution in [1.82, 2.24) is 10.2 Å². The third-order valence-corrected chi connectivity index (χ3v) is 4.18. The van der Waals surface area contributed by atoms with Crippen molar-refractivity contribution in [2.75, 3.05) is 5.32 Å². The molecule has 2 aromatic rings. The van der Waals surface area contributed by atoms with Crippen LogP contribution in [0.15, 0.2) is 18.2 Å². The standard InChI is InChI=1S/C13H13I2N3O2/c1-6(2)10-5-11(18-17-10)16-13(20)8-3-7(14)4-9(15)12(8)19/h3-6,19H,1-2H3,(H2,16,17,18,20). The molecule has 2 rings (SSSR count). The summed E-state index contributed by atoms with van der Waals surface area (Å²) in [6, 6.07) is 5.24. The molecule has 0 radical (unpaired) electrons. The largest absolute Gasteiger partial charge is 0.506 e. The highest BCUT2D eigenvalue weighted by Crippen LogP contribution is 2.27. The minimum Gasteiger partial charge on any atom is -0.506 e. The number of benzene rings is 1. The second kappa shape index (κ2) is 6.29. The maximum atomic E-state index is 12.2. The number of halogens is 2. The van der Waals surface area contributed by atoms with Gasteiger partial charge in [0.05, 0.1) is 9.13 Å². The molecule has 1 aromatic heterocycles. The Kier molecular flexibility index (Phi) is 4.89. The predicted molar refractivity (Wildman–Crippen MR) is 94.2 cm³/mol. The summed E-state index contributed by atoms with van der Waals surface area (Å²) in [6.07, 6.45) is 0. The SMILES string of the molecule is CC(C)c1cc(NC(=O)c2cc(I)cc(I)c2O)n[nH]1. The molecule has 0 fully saturated rings. The summed E-state index contributed by atoms with van der Waals surface area (Å²) in [5, 5.41) is 19.5. The molecule has 1 aromatic carbocycles. The van der Waals surface area contributed by atoms with Crippen molar-refractivity contribution in [3.63, 3.8) is 0 Å². The number of carbonyl (C=O) groups is 1. The van der Waals surface area contributed by atoms with Gasteiger partial charge in [0.15, 0.2) is 5.82 Å². The van der Waals surface area contributed by atoms with Crippen LogP contribution in [0.4, 0.5) is 5.82 Å². The van der Waals surface area contributed by atoms with Crippen molar-refractivity contribution in [3.05, 3.63) is 36.6 Å². The summed E-state index contributed by atoms with van der Waals surface area (Å²) in [5.74, 6) is 0.371. The van der Waals surface area contributed by atoms with Gasteiger partial charge in [-0.15, -0.1) is 0 Å².